The van der Waals surface area contributed by atoms with E-state index in [1.54, 1.807) is 47.3 Å². The van der Waals surface area contributed by atoms with Crippen molar-refractivity contribution in [2.45, 2.75) is 6.92 Å². The number of halogens is 1. The molecule has 0 atom stereocenters. The SMILES string of the molecule is C=CCN=c1scc(-c2ccc(F)cc2)n1N=Cc1ccc(OCC)cc1O. The maximum atomic E-state index is 13.3. The summed E-state index contributed by atoms with van der Waals surface area (Å²) < 4.78 is 20.3. The fourth-order valence-corrected chi connectivity index (χ4v) is 3.34. The van der Waals surface area contributed by atoms with Gasteiger partial charge in [-0.1, -0.05) is 6.08 Å². The topological polar surface area (TPSA) is 59.1 Å². The summed E-state index contributed by atoms with van der Waals surface area (Å²) >= 11 is 1.42. The zero-order chi connectivity index (χ0) is 19.9. The Morgan fingerprint density at radius 2 is 2.04 bits per heavy atom. The third-order valence-electron chi connectivity index (χ3n) is 3.81. The van der Waals surface area contributed by atoms with E-state index >= 15 is 0 Å². The molecule has 0 aliphatic rings. The van der Waals surface area contributed by atoms with E-state index in [9.17, 15) is 9.50 Å². The molecule has 144 valence electrons. The maximum absolute atomic E-state index is 13.3. The molecule has 0 unspecified atom stereocenters. The highest BCUT2D eigenvalue weighted by Crippen LogP contribution is 2.23. The Hall–Kier alpha value is -3.19. The minimum atomic E-state index is -0.301. The number of benzene rings is 2. The number of hydrogen-bond donors (Lipinski definition) is 1. The Bertz CT molecular complexity index is 1050. The number of ether oxygens (including phenoxy) is 1. The van der Waals surface area contributed by atoms with Crippen molar-refractivity contribution < 1.29 is 14.2 Å². The Balaban J connectivity index is 2.02. The van der Waals surface area contributed by atoms with E-state index in [1.807, 2.05) is 12.3 Å². The summed E-state index contributed by atoms with van der Waals surface area (Å²) in [6.45, 7) is 6.54. The van der Waals surface area contributed by atoms with Crippen LogP contribution in [0.4, 0.5) is 4.39 Å². The Morgan fingerprint density at radius 3 is 2.71 bits per heavy atom. The highest BCUT2D eigenvalue weighted by molar-refractivity contribution is 7.07. The summed E-state index contributed by atoms with van der Waals surface area (Å²) in [5.41, 5.74) is 2.13. The van der Waals surface area contributed by atoms with Gasteiger partial charge in [0.15, 0.2) is 0 Å². The summed E-state index contributed by atoms with van der Waals surface area (Å²) in [4.78, 5) is 5.12. The predicted molar refractivity (Wildman–Crippen MR) is 111 cm³/mol. The molecular weight excluding hydrogens is 377 g/mol. The van der Waals surface area contributed by atoms with Crippen LogP contribution in [0.25, 0.3) is 11.3 Å². The molecule has 28 heavy (non-hydrogen) atoms. The number of hydrogen-bond acceptors (Lipinski definition) is 5. The molecule has 0 bridgehead atoms. The highest BCUT2D eigenvalue weighted by atomic mass is 32.1. The van der Waals surface area contributed by atoms with Crippen LogP contribution in [0.1, 0.15) is 12.5 Å². The van der Waals surface area contributed by atoms with Gasteiger partial charge in [0, 0.05) is 22.6 Å². The average Bonchev–Trinajstić information content (AvgIpc) is 3.09. The molecule has 1 aromatic heterocycles. The van der Waals surface area contributed by atoms with Crippen LogP contribution < -0.4 is 9.54 Å². The van der Waals surface area contributed by atoms with Crippen molar-refractivity contribution in [1.29, 1.82) is 0 Å². The molecule has 5 nitrogen and oxygen atoms in total. The number of aromatic nitrogens is 1. The lowest BCUT2D eigenvalue weighted by Crippen LogP contribution is -2.12. The van der Waals surface area contributed by atoms with E-state index in [-0.39, 0.29) is 11.6 Å². The van der Waals surface area contributed by atoms with Crippen molar-refractivity contribution in [2.24, 2.45) is 10.1 Å². The molecule has 0 radical (unpaired) electrons. The second-order valence-corrected chi connectivity index (χ2v) is 6.59. The van der Waals surface area contributed by atoms with Gasteiger partial charge >= 0.3 is 0 Å². The zero-order valence-corrected chi connectivity index (χ0v) is 16.2. The molecule has 1 heterocycles. The van der Waals surface area contributed by atoms with Gasteiger partial charge in [0.05, 0.1) is 25.1 Å². The summed E-state index contributed by atoms with van der Waals surface area (Å²) in [6, 6.07) is 11.2. The molecule has 1 N–H and O–H groups in total. The van der Waals surface area contributed by atoms with Crippen LogP contribution in [0, 0.1) is 5.82 Å². The summed E-state index contributed by atoms with van der Waals surface area (Å²) in [5, 5.41) is 16.6. The lowest BCUT2D eigenvalue weighted by atomic mass is 10.2. The Morgan fingerprint density at radius 1 is 1.25 bits per heavy atom. The van der Waals surface area contributed by atoms with Crippen LogP contribution in [-0.2, 0) is 0 Å². The van der Waals surface area contributed by atoms with Crippen LogP contribution in [0.15, 0.2) is 70.6 Å². The van der Waals surface area contributed by atoms with E-state index in [0.717, 1.165) is 11.3 Å². The molecule has 7 heteroatoms. The fraction of sp³-hybridized carbons (Fsp3) is 0.143. The first-order valence-corrected chi connectivity index (χ1v) is 9.58. The van der Waals surface area contributed by atoms with E-state index in [2.05, 4.69) is 16.7 Å². The maximum Gasteiger partial charge on any atom is 0.206 e. The van der Waals surface area contributed by atoms with Crippen LogP contribution in [0.2, 0.25) is 0 Å². The molecule has 0 aliphatic carbocycles. The number of thiazole rings is 1. The number of aromatic hydroxyl groups is 1. The van der Waals surface area contributed by atoms with E-state index in [1.165, 1.54) is 23.5 Å². The van der Waals surface area contributed by atoms with Gasteiger partial charge in [-0.3, -0.25) is 4.99 Å². The number of phenolic OH excluding ortho intramolecular Hbond substituents is 1. The average molecular weight is 397 g/mol. The minimum absolute atomic E-state index is 0.0680. The van der Waals surface area contributed by atoms with Gasteiger partial charge in [-0.2, -0.15) is 5.10 Å². The van der Waals surface area contributed by atoms with Gasteiger partial charge < -0.3 is 9.84 Å². The van der Waals surface area contributed by atoms with Crippen LogP contribution in [-0.4, -0.2) is 29.1 Å². The van der Waals surface area contributed by atoms with Crippen molar-refractivity contribution in [3.63, 3.8) is 0 Å². The first-order chi connectivity index (χ1) is 13.6. The smallest absolute Gasteiger partial charge is 0.206 e. The lowest BCUT2D eigenvalue weighted by Gasteiger charge is -2.06. The predicted octanol–water partition coefficient (Wildman–Crippen LogP) is 4.43. The largest absolute Gasteiger partial charge is 0.507 e. The summed E-state index contributed by atoms with van der Waals surface area (Å²) in [5.74, 6) is 0.359. The Labute approximate surface area is 166 Å². The third kappa shape index (κ3) is 4.55. The van der Waals surface area contributed by atoms with Gasteiger partial charge in [0.25, 0.3) is 0 Å². The molecular formula is C21H20FN3O2S. The highest BCUT2D eigenvalue weighted by Gasteiger charge is 2.08. The van der Waals surface area contributed by atoms with Gasteiger partial charge in [-0.05, 0) is 43.3 Å². The Kier molecular flexibility index (Phi) is 6.39. The van der Waals surface area contributed by atoms with Crippen molar-refractivity contribution in [3.05, 3.63) is 76.7 Å². The van der Waals surface area contributed by atoms with E-state index in [0.29, 0.717) is 29.3 Å². The van der Waals surface area contributed by atoms with Crippen molar-refractivity contribution in [1.82, 2.24) is 4.68 Å². The van der Waals surface area contributed by atoms with Crippen LogP contribution in [0.5, 0.6) is 11.5 Å². The quantitative estimate of drug-likeness (QED) is 0.474. The first kappa shape index (κ1) is 19.6. The van der Waals surface area contributed by atoms with Crippen LogP contribution >= 0.6 is 11.3 Å². The van der Waals surface area contributed by atoms with Crippen molar-refractivity contribution in [3.8, 4) is 22.8 Å². The molecule has 0 saturated heterocycles. The van der Waals surface area contributed by atoms with Gasteiger partial charge in [0.1, 0.15) is 17.3 Å². The standard InChI is InChI=1S/C21H20FN3O2S/c1-3-11-23-21-25(19(14-28-21)15-5-8-17(22)9-6-15)24-13-16-7-10-18(27-4-2)12-20(16)26/h3,5-10,12-14,26H,1,4,11H2,2H3. The first-order valence-electron chi connectivity index (χ1n) is 8.70. The minimum Gasteiger partial charge on any atom is -0.507 e. The van der Waals surface area contributed by atoms with Crippen molar-refractivity contribution >= 4 is 17.6 Å². The van der Waals surface area contributed by atoms with Gasteiger partial charge in [-0.25, -0.2) is 9.07 Å². The van der Waals surface area contributed by atoms with Gasteiger partial charge in [0.2, 0.25) is 4.80 Å². The molecule has 0 aliphatic heterocycles. The monoisotopic (exact) mass is 397 g/mol. The molecule has 3 aromatic rings. The molecule has 0 spiro atoms. The second kappa shape index (κ2) is 9.14. The zero-order valence-electron chi connectivity index (χ0n) is 15.4. The number of rotatable bonds is 7. The number of phenols is 1. The molecule has 0 fully saturated rings. The van der Waals surface area contributed by atoms with E-state index in [4.69, 9.17) is 4.74 Å². The molecule has 0 saturated carbocycles. The van der Waals surface area contributed by atoms with Gasteiger partial charge in [-0.15, -0.1) is 17.9 Å². The molecule has 3 rings (SSSR count). The lowest BCUT2D eigenvalue weighted by molar-refractivity contribution is 0.337. The summed E-state index contributed by atoms with van der Waals surface area (Å²) in [7, 11) is 0. The molecule has 2 aromatic carbocycles. The number of nitrogens with zero attached hydrogens (tertiary/aromatic N) is 3. The van der Waals surface area contributed by atoms with Crippen molar-refractivity contribution in [2.75, 3.05) is 13.2 Å². The second-order valence-electron chi connectivity index (χ2n) is 5.75. The normalized spacial score (nSPS) is 11.9. The van der Waals surface area contributed by atoms with E-state index < -0.39 is 0 Å². The fourth-order valence-electron chi connectivity index (χ4n) is 2.49. The molecule has 0 amide bonds. The third-order valence-corrected chi connectivity index (χ3v) is 4.66. The summed E-state index contributed by atoms with van der Waals surface area (Å²) in [6.07, 6.45) is 3.25. The van der Waals surface area contributed by atoms with Crippen LogP contribution in [0.3, 0.4) is 0 Å².